The minimum absolute atomic E-state index is 0. The van der Waals surface area contributed by atoms with Crippen molar-refractivity contribution in [3.8, 4) is 0 Å². The van der Waals surface area contributed by atoms with Gasteiger partial charge in [0.15, 0.2) is 5.96 Å². The Kier molecular flexibility index (Phi) is 11.0. The maximum atomic E-state index is 5.89. The molecule has 0 atom stereocenters. The zero-order valence-electron chi connectivity index (χ0n) is 10.6. The molecule has 1 aliphatic heterocycles. The topological polar surface area (TPSA) is 60.1 Å². The van der Waals surface area contributed by atoms with E-state index in [2.05, 4.69) is 9.89 Å². The number of piperidine rings is 1. The van der Waals surface area contributed by atoms with E-state index in [1.54, 1.807) is 7.11 Å². The first-order valence-electron chi connectivity index (χ1n) is 5.96. The number of nitrogens with two attached hydrogens (primary N) is 1. The van der Waals surface area contributed by atoms with Crippen LogP contribution in [0.3, 0.4) is 0 Å². The maximum absolute atomic E-state index is 5.89. The van der Waals surface area contributed by atoms with E-state index in [1.165, 1.54) is 19.3 Å². The summed E-state index contributed by atoms with van der Waals surface area (Å²) in [5.74, 6) is 0.662. The van der Waals surface area contributed by atoms with Crippen LogP contribution in [0.1, 0.15) is 19.3 Å². The maximum Gasteiger partial charge on any atom is 0.191 e. The van der Waals surface area contributed by atoms with Crippen LogP contribution < -0.4 is 5.73 Å². The second kappa shape index (κ2) is 11.0. The van der Waals surface area contributed by atoms with Gasteiger partial charge in [-0.3, -0.25) is 4.99 Å². The van der Waals surface area contributed by atoms with Gasteiger partial charge >= 0.3 is 0 Å². The van der Waals surface area contributed by atoms with Crippen LogP contribution in [0.15, 0.2) is 4.99 Å². The van der Waals surface area contributed by atoms with Gasteiger partial charge in [-0.1, -0.05) is 0 Å². The van der Waals surface area contributed by atoms with Crippen LogP contribution in [0.5, 0.6) is 0 Å². The second-order valence-electron chi connectivity index (χ2n) is 3.89. The Bertz CT molecular complexity index is 209. The van der Waals surface area contributed by atoms with Crippen molar-refractivity contribution < 1.29 is 9.47 Å². The van der Waals surface area contributed by atoms with E-state index in [-0.39, 0.29) is 24.0 Å². The summed E-state index contributed by atoms with van der Waals surface area (Å²) in [5.41, 5.74) is 5.89. The quantitative estimate of drug-likeness (QED) is 0.334. The largest absolute Gasteiger partial charge is 0.382 e. The van der Waals surface area contributed by atoms with Crippen LogP contribution in [0, 0.1) is 0 Å². The van der Waals surface area contributed by atoms with Gasteiger partial charge in [0, 0.05) is 20.2 Å². The van der Waals surface area contributed by atoms with Crippen molar-refractivity contribution in [2.75, 3.05) is 46.6 Å². The van der Waals surface area contributed by atoms with Gasteiger partial charge in [-0.2, -0.15) is 0 Å². The summed E-state index contributed by atoms with van der Waals surface area (Å²) in [7, 11) is 1.66. The van der Waals surface area contributed by atoms with Gasteiger partial charge in [-0.25, -0.2) is 0 Å². The lowest BCUT2D eigenvalue weighted by Crippen LogP contribution is -2.41. The predicted molar refractivity (Wildman–Crippen MR) is 80.0 cm³/mol. The normalized spacial score (nSPS) is 16.8. The molecule has 0 aromatic carbocycles. The molecule has 0 aromatic rings. The summed E-state index contributed by atoms with van der Waals surface area (Å²) >= 11 is 0. The summed E-state index contributed by atoms with van der Waals surface area (Å²) in [6.07, 6.45) is 3.75. The van der Waals surface area contributed by atoms with Crippen LogP contribution >= 0.6 is 24.0 Å². The fourth-order valence-corrected chi connectivity index (χ4v) is 1.69. The Morgan fingerprint density at radius 3 is 2.53 bits per heavy atom. The highest BCUT2D eigenvalue weighted by Gasteiger charge is 2.11. The van der Waals surface area contributed by atoms with Crippen molar-refractivity contribution in [3.05, 3.63) is 0 Å². The monoisotopic (exact) mass is 357 g/mol. The molecule has 0 saturated carbocycles. The van der Waals surface area contributed by atoms with E-state index in [0.717, 1.165) is 13.1 Å². The van der Waals surface area contributed by atoms with Crippen molar-refractivity contribution in [2.45, 2.75) is 19.3 Å². The van der Waals surface area contributed by atoms with Crippen LogP contribution in [0.4, 0.5) is 0 Å². The van der Waals surface area contributed by atoms with E-state index < -0.39 is 0 Å². The number of aliphatic imine (C=N–C) groups is 1. The Morgan fingerprint density at radius 2 is 1.88 bits per heavy atom. The minimum atomic E-state index is 0. The molecular weight excluding hydrogens is 333 g/mol. The summed E-state index contributed by atoms with van der Waals surface area (Å²) in [6, 6.07) is 0. The molecular formula is C11H24IN3O2. The number of methoxy groups -OCH3 is 1. The number of guanidine groups is 1. The minimum Gasteiger partial charge on any atom is -0.382 e. The number of likely N-dealkylation sites (tertiary alicyclic amines) is 1. The van der Waals surface area contributed by atoms with Crippen molar-refractivity contribution >= 4 is 29.9 Å². The number of halogens is 1. The molecule has 2 N–H and O–H groups in total. The fourth-order valence-electron chi connectivity index (χ4n) is 1.69. The van der Waals surface area contributed by atoms with Crippen LogP contribution in [-0.4, -0.2) is 57.4 Å². The lowest BCUT2D eigenvalue weighted by molar-refractivity contribution is 0.0747. The van der Waals surface area contributed by atoms with Gasteiger partial charge in [-0.15, -0.1) is 24.0 Å². The first-order valence-corrected chi connectivity index (χ1v) is 5.96. The first kappa shape index (κ1) is 16.9. The molecule has 1 fully saturated rings. The van der Waals surface area contributed by atoms with Crippen molar-refractivity contribution in [1.82, 2.24) is 4.90 Å². The number of hydrogen-bond donors (Lipinski definition) is 1. The molecule has 5 nitrogen and oxygen atoms in total. The third-order valence-electron chi connectivity index (χ3n) is 2.62. The summed E-state index contributed by atoms with van der Waals surface area (Å²) in [5, 5.41) is 0. The number of nitrogens with zero attached hydrogens (tertiary/aromatic N) is 2. The highest BCUT2D eigenvalue weighted by Crippen LogP contribution is 2.07. The molecule has 0 spiro atoms. The van der Waals surface area contributed by atoms with Gasteiger partial charge in [0.1, 0.15) is 0 Å². The van der Waals surface area contributed by atoms with Crippen molar-refractivity contribution in [3.63, 3.8) is 0 Å². The summed E-state index contributed by atoms with van der Waals surface area (Å²) in [4.78, 5) is 6.45. The molecule has 0 bridgehead atoms. The Labute approximate surface area is 121 Å². The highest BCUT2D eigenvalue weighted by atomic mass is 127. The molecule has 0 unspecified atom stereocenters. The zero-order valence-corrected chi connectivity index (χ0v) is 12.9. The number of hydrogen-bond acceptors (Lipinski definition) is 3. The van der Waals surface area contributed by atoms with E-state index >= 15 is 0 Å². The smallest absolute Gasteiger partial charge is 0.191 e. The SMILES string of the molecule is COCCOCCN=C(N)N1CCCCC1.I. The third kappa shape index (κ3) is 7.77. The lowest BCUT2D eigenvalue weighted by atomic mass is 10.1. The van der Waals surface area contributed by atoms with Gasteiger partial charge in [0.2, 0.25) is 0 Å². The molecule has 1 saturated heterocycles. The first-order chi connectivity index (χ1) is 7.84. The number of rotatable bonds is 6. The zero-order chi connectivity index (χ0) is 11.6. The van der Waals surface area contributed by atoms with Crippen molar-refractivity contribution in [2.24, 2.45) is 10.7 Å². The van der Waals surface area contributed by atoms with E-state index in [9.17, 15) is 0 Å². The van der Waals surface area contributed by atoms with Crippen LogP contribution in [0.2, 0.25) is 0 Å². The molecule has 0 aliphatic carbocycles. The molecule has 102 valence electrons. The third-order valence-corrected chi connectivity index (χ3v) is 2.62. The summed E-state index contributed by atoms with van der Waals surface area (Å²) < 4.78 is 10.2. The molecule has 0 amide bonds. The molecule has 1 aliphatic rings. The average Bonchev–Trinajstić information content (AvgIpc) is 2.34. The summed E-state index contributed by atoms with van der Waals surface area (Å²) in [6.45, 7) is 4.57. The number of ether oxygens (including phenoxy) is 2. The van der Waals surface area contributed by atoms with Gasteiger partial charge in [0.05, 0.1) is 26.4 Å². The van der Waals surface area contributed by atoms with E-state index in [0.29, 0.717) is 32.3 Å². The Hall–Kier alpha value is -0.0800. The molecule has 17 heavy (non-hydrogen) atoms. The molecule has 6 heteroatoms. The Morgan fingerprint density at radius 1 is 1.18 bits per heavy atom. The van der Waals surface area contributed by atoms with E-state index in [1.807, 2.05) is 0 Å². The van der Waals surface area contributed by atoms with Crippen molar-refractivity contribution in [1.29, 1.82) is 0 Å². The van der Waals surface area contributed by atoms with Gasteiger partial charge in [0.25, 0.3) is 0 Å². The highest BCUT2D eigenvalue weighted by molar-refractivity contribution is 14.0. The molecule has 0 radical (unpaired) electrons. The fraction of sp³-hybridized carbons (Fsp3) is 0.909. The van der Waals surface area contributed by atoms with E-state index in [4.69, 9.17) is 15.2 Å². The van der Waals surface area contributed by atoms with Gasteiger partial charge < -0.3 is 20.1 Å². The lowest BCUT2D eigenvalue weighted by Gasteiger charge is -2.27. The van der Waals surface area contributed by atoms with Gasteiger partial charge in [-0.05, 0) is 19.3 Å². The average molecular weight is 357 g/mol. The Balaban J connectivity index is 0.00000256. The van der Waals surface area contributed by atoms with Crippen LogP contribution in [-0.2, 0) is 9.47 Å². The molecule has 0 aromatic heterocycles. The van der Waals surface area contributed by atoms with Crippen LogP contribution in [0.25, 0.3) is 0 Å². The molecule has 1 heterocycles. The molecule has 1 rings (SSSR count). The predicted octanol–water partition coefficient (Wildman–Crippen LogP) is 1.07. The standard InChI is InChI=1S/C11H23N3O2.HI/c1-15-9-10-16-8-5-13-11(12)14-6-3-2-4-7-14;/h2-10H2,1H3,(H2,12,13);1H. The second-order valence-corrected chi connectivity index (χ2v) is 3.89.